The molecule has 1 amide bonds. The summed E-state index contributed by atoms with van der Waals surface area (Å²) in [5.41, 5.74) is 2.58. The van der Waals surface area contributed by atoms with Gasteiger partial charge in [0.25, 0.3) is 0 Å². The maximum Gasteiger partial charge on any atom is 0.242 e. The average molecular weight is 428 g/mol. The molecule has 154 valence electrons. The number of carbonyl (C=O) groups is 1. The second-order valence-corrected chi connectivity index (χ2v) is 8.65. The third kappa shape index (κ3) is 4.51. The highest BCUT2D eigenvalue weighted by molar-refractivity contribution is 8.00. The lowest BCUT2D eigenvalue weighted by molar-refractivity contribution is -0.115. The number of aromatic nitrogens is 4. The first-order valence-electron chi connectivity index (χ1n) is 10.2. The van der Waals surface area contributed by atoms with Crippen molar-refractivity contribution in [3.05, 3.63) is 90.5 Å². The van der Waals surface area contributed by atoms with Crippen LogP contribution in [0.25, 0.3) is 11.4 Å². The normalized spacial score (nSPS) is 14.2. The van der Waals surface area contributed by atoms with Crippen molar-refractivity contribution in [2.24, 2.45) is 0 Å². The van der Waals surface area contributed by atoms with Gasteiger partial charge in [0.15, 0.2) is 5.82 Å². The van der Waals surface area contributed by atoms with Gasteiger partial charge in [-0.1, -0.05) is 60.7 Å². The summed E-state index contributed by atoms with van der Waals surface area (Å²) in [6, 6.07) is 27.9. The summed E-state index contributed by atoms with van der Waals surface area (Å²) in [5.74, 6) is 0.663. The van der Waals surface area contributed by atoms with Crippen LogP contribution in [-0.2, 0) is 4.79 Å². The van der Waals surface area contributed by atoms with E-state index in [9.17, 15) is 4.79 Å². The molecule has 1 aliphatic carbocycles. The van der Waals surface area contributed by atoms with E-state index in [-0.39, 0.29) is 11.2 Å². The smallest absolute Gasteiger partial charge is 0.242 e. The number of thioether (sulfide) groups is 1. The summed E-state index contributed by atoms with van der Waals surface area (Å²) >= 11 is 1.54. The van der Waals surface area contributed by atoms with Gasteiger partial charge in [-0.05, 0) is 53.1 Å². The van der Waals surface area contributed by atoms with Crippen LogP contribution in [0.2, 0.25) is 0 Å². The lowest BCUT2D eigenvalue weighted by Crippen LogP contribution is -2.19. The van der Waals surface area contributed by atoms with Crippen LogP contribution in [0.4, 0.5) is 5.69 Å². The van der Waals surface area contributed by atoms with Crippen molar-refractivity contribution in [3.8, 4) is 11.4 Å². The number of nitrogens with zero attached hydrogens (tertiary/aromatic N) is 4. The van der Waals surface area contributed by atoms with Crippen LogP contribution >= 0.6 is 11.8 Å². The Balaban J connectivity index is 1.40. The number of tetrazole rings is 1. The predicted molar refractivity (Wildman–Crippen MR) is 122 cm³/mol. The molecule has 0 saturated heterocycles. The Morgan fingerprint density at radius 3 is 2.45 bits per heavy atom. The summed E-state index contributed by atoms with van der Waals surface area (Å²) in [6.07, 6.45) is 2.20. The van der Waals surface area contributed by atoms with Gasteiger partial charge in [-0.25, -0.2) is 4.68 Å². The molecule has 7 heteroatoms. The van der Waals surface area contributed by atoms with Crippen molar-refractivity contribution in [2.45, 2.75) is 29.0 Å². The highest BCUT2D eigenvalue weighted by Crippen LogP contribution is 2.38. The van der Waals surface area contributed by atoms with Crippen LogP contribution in [0.3, 0.4) is 0 Å². The van der Waals surface area contributed by atoms with Crippen molar-refractivity contribution in [1.82, 2.24) is 20.2 Å². The summed E-state index contributed by atoms with van der Waals surface area (Å²) in [7, 11) is 0. The molecular weight excluding hydrogens is 406 g/mol. The van der Waals surface area contributed by atoms with Crippen LogP contribution in [0.1, 0.15) is 29.7 Å². The van der Waals surface area contributed by atoms with Gasteiger partial charge in [0.05, 0.1) is 6.04 Å². The molecule has 0 unspecified atom stereocenters. The van der Waals surface area contributed by atoms with Crippen LogP contribution in [0.15, 0.2) is 89.8 Å². The topological polar surface area (TPSA) is 72.7 Å². The quantitative estimate of drug-likeness (QED) is 0.413. The minimum atomic E-state index is -0.371. The molecule has 31 heavy (non-hydrogen) atoms. The standard InChI is InChI=1S/C24H21N5OS/c30-24(22(17-8-3-1-4-9-17)31-21-12-5-2-6-13-21)25-19-11-7-10-18(16-19)23-26-27-28-29(23)20-14-15-20/h1-13,16,20,22H,14-15H2,(H,25,30)/t22-/m0/s1. The summed E-state index contributed by atoms with van der Waals surface area (Å²) < 4.78 is 1.87. The van der Waals surface area contributed by atoms with Gasteiger partial charge in [-0.2, -0.15) is 0 Å². The largest absolute Gasteiger partial charge is 0.325 e. The van der Waals surface area contributed by atoms with Crippen molar-refractivity contribution < 1.29 is 4.79 Å². The minimum absolute atomic E-state index is 0.0704. The molecule has 3 aromatic carbocycles. The fourth-order valence-electron chi connectivity index (χ4n) is 3.43. The van der Waals surface area contributed by atoms with E-state index in [0.717, 1.165) is 40.4 Å². The van der Waals surface area contributed by atoms with Crippen molar-refractivity contribution in [1.29, 1.82) is 0 Å². The zero-order chi connectivity index (χ0) is 21.0. The number of hydrogen-bond acceptors (Lipinski definition) is 5. The Labute approximate surface area is 184 Å². The number of carbonyl (C=O) groups excluding carboxylic acids is 1. The van der Waals surface area contributed by atoms with E-state index in [4.69, 9.17) is 0 Å². The first-order valence-corrected chi connectivity index (χ1v) is 11.1. The van der Waals surface area contributed by atoms with E-state index in [2.05, 4.69) is 20.8 Å². The van der Waals surface area contributed by atoms with E-state index < -0.39 is 0 Å². The number of anilines is 1. The van der Waals surface area contributed by atoms with Crippen molar-refractivity contribution in [3.63, 3.8) is 0 Å². The van der Waals surface area contributed by atoms with E-state index in [1.165, 1.54) is 11.8 Å². The minimum Gasteiger partial charge on any atom is -0.325 e. The lowest BCUT2D eigenvalue weighted by Gasteiger charge is -2.17. The summed E-state index contributed by atoms with van der Waals surface area (Å²) in [6.45, 7) is 0. The van der Waals surface area contributed by atoms with E-state index in [1.807, 2.05) is 89.6 Å². The molecule has 5 rings (SSSR count). The summed E-state index contributed by atoms with van der Waals surface area (Å²) in [4.78, 5) is 14.4. The number of amides is 1. The van der Waals surface area contributed by atoms with Gasteiger partial charge in [0.2, 0.25) is 5.91 Å². The van der Waals surface area contributed by atoms with Crippen LogP contribution in [-0.4, -0.2) is 26.1 Å². The molecule has 1 N–H and O–H groups in total. The van der Waals surface area contributed by atoms with Crippen molar-refractivity contribution >= 4 is 23.4 Å². The number of nitrogens with one attached hydrogen (secondary N) is 1. The number of benzene rings is 3. The van der Waals surface area contributed by atoms with Crippen LogP contribution < -0.4 is 5.32 Å². The molecule has 1 heterocycles. The molecule has 0 spiro atoms. The van der Waals surface area contributed by atoms with Gasteiger partial charge in [-0.3, -0.25) is 4.79 Å². The zero-order valence-electron chi connectivity index (χ0n) is 16.8. The first kappa shape index (κ1) is 19.5. The molecule has 0 bridgehead atoms. The molecule has 1 aliphatic rings. The Hall–Kier alpha value is -3.45. The Morgan fingerprint density at radius 1 is 0.968 bits per heavy atom. The van der Waals surface area contributed by atoms with Gasteiger partial charge in [0, 0.05) is 16.1 Å². The monoisotopic (exact) mass is 427 g/mol. The predicted octanol–water partition coefficient (Wildman–Crippen LogP) is 5.15. The average Bonchev–Trinajstić information content (AvgIpc) is 3.55. The lowest BCUT2D eigenvalue weighted by atomic mass is 10.1. The molecule has 1 aromatic heterocycles. The first-order chi connectivity index (χ1) is 15.3. The molecule has 0 aliphatic heterocycles. The van der Waals surface area contributed by atoms with Gasteiger partial charge in [0.1, 0.15) is 5.25 Å². The van der Waals surface area contributed by atoms with E-state index >= 15 is 0 Å². The van der Waals surface area contributed by atoms with Gasteiger partial charge in [-0.15, -0.1) is 16.9 Å². The fourth-order valence-corrected chi connectivity index (χ4v) is 4.47. The van der Waals surface area contributed by atoms with Crippen LogP contribution in [0.5, 0.6) is 0 Å². The Bertz CT molecular complexity index is 1170. The Kier molecular flexibility index (Phi) is 5.50. The number of rotatable bonds is 7. The molecular formula is C24H21N5OS. The number of hydrogen-bond donors (Lipinski definition) is 1. The van der Waals surface area contributed by atoms with Crippen LogP contribution in [0, 0.1) is 0 Å². The highest BCUT2D eigenvalue weighted by Gasteiger charge is 2.28. The molecule has 0 radical (unpaired) electrons. The van der Waals surface area contributed by atoms with E-state index in [1.54, 1.807) is 0 Å². The fraction of sp³-hybridized carbons (Fsp3) is 0.167. The maximum atomic E-state index is 13.3. The summed E-state index contributed by atoms with van der Waals surface area (Å²) in [5, 5.41) is 14.9. The molecule has 1 fully saturated rings. The molecule has 1 atom stereocenters. The Morgan fingerprint density at radius 2 is 1.71 bits per heavy atom. The second kappa shape index (κ2) is 8.73. The maximum absolute atomic E-state index is 13.3. The highest BCUT2D eigenvalue weighted by atomic mass is 32.2. The van der Waals surface area contributed by atoms with Gasteiger partial charge < -0.3 is 5.32 Å². The molecule has 6 nitrogen and oxygen atoms in total. The SMILES string of the molecule is O=C(Nc1cccc(-c2nnnn2C2CC2)c1)[C@@H](Sc1ccccc1)c1ccccc1. The molecule has 4 aromatic rings. The van der Waals surface area contributed by atoms with E-state index in [0.29, 0.717) is 6.04 Å². The third-order valence-corrected chi connectivity index (χ3v) is 6.38. The third-order valence-electron chi connectivity index (χ3n) is 5.11. The van der Waals surface area contributed by atoms with Crippen molar-refractivity contribution in [2.75, 3.05) is 5.32 Å². The second-order valence-electron chi connectivity index (χ2n) is 7.47. The zero-order valence-corrected chi connectivity index (χ0v) is 17.6. The van der Waals surface area contributed by atoms with Gasteiger partial charge >= 0.3 is 0 Å². The molecule has 1 saturated carbocycles.